The van der Waals surface area contributed by atoms with Crippen LogP contribution in [0.1, 0.15) is 0 Å². The smallest absolute Gasteiger partial charge is 0.243 e. The Morgan fingerprint density at radius 1 is 1.60 bits per heavy atom. The fourth-order valence-electron chi connectivity index (χ4n) is 0.913. The van der Waals surface area contributed by atoms with Gasteiger partial charge in [-0.2, -0.15) is 5.10 Å². The molecule has 1 rings (SSSR count). The van der Waals surface area contributed by atoms with Crippen molar-refractivity contribution in [2.45, 2.75) is 0 Å². The molecule has 0 aliphatic carbocycles. The second kappa shape index (κ2) is 4.91. The fraction of sp³-hybridized carbons (Fsp3) is 0.333. The minimum Gasteiger partial charge on any atom is -0.347 e. The number of likely N-dealkylation sites (N-methyl/N-ethyl adjacent to an activating group) is 1. The van der Waals surface area contributed by atoms with E-state index in [1.807, 2.05) is 0 Å². The van der Waals surface area contributed by atoms with E-state index in [9.17, 15) is 9.59 Å². The highest BCUT2D eigenvalue weighted by Crippen LogP contribution is 2.12. The first-order valence-electron chi connectivity index (χ1n) is 4.19. The Bertz CT molecular complexity index is 381. The summed E-state index contributed by atoms with van der Waals surface area (Å²) in [7, 11) is 3.29. The molecule has 1 aliphatic rings. The maximum atomic E-state index is 11.4. The van der Waals surface area contributed by atoms with Crippen LogP contribution >= 0.6 is 15.9 Å². The van der Waals surface area contributed by atoms with Gasteiger partial charge in [0, 0.05) is 14.1 Å². The van der Waals surface area contributed by atoms with Crippen LogP contribution in [0.15, 0.2) is 23.0 Å². The molecule has 0 spiro atoms. The van der Waals surface area contributed by atoms with E-state index in [1.165, 1.54) is 9.91 Å². The van der Waals surface area contributed by atoms with Crippen molar-refractivity contribution in [3.05, 3.63) is 17.8 Å². The molecular formula is C9H10BrN3O2. The van der Waals surface area contributed by atoms with Crippen molar-refractivity contribution in [3.63, 3.8) is 0 Å². The van der Waals surface area contributed by atoms with Crippen LogP contribution in [0.3, 0.4) is 0 Å². The highest BCUT2D eigenvalue weighted by Gasteiger charge is 2.16. The molecule has 5 nitrogen and oxygen atoms in total. The molecule has 1 amide bonds. The maximum absolute atomic E-state index is 11.4. The Hall–Kier alpha value is -1.39. The van der Waals surface area contributed by atoms with E-state index in [-0.39, 0.29) is 18.1 Å². The van der Waals surface area contributed by atoms with Gasteiger partial charge in [-0.1, -0.05) is 0 Å². The first-order valence-corrected chi connectivity index (χ1v) is 4.99. The largest absolute Gasteiger partial charge is 0.347 e. The monoisotopic (exact) mass is 271 g/mol. The van der Waals surface area contributed by atoms with Crippen LogP contribution in [0, 0.1) is 0 Å². The first kappa shape index (κ1) is 11.7. The average Bonchev–Trinajstić information content (AvgIpc) is 2.18. The van der Waals surface area contributed by atoms with Crippen LogP contribution in [0.25, 0.3) is 0 Å². The third-order valence-corrected chi connectivity index (χ3v) is 2.18. The van der Waals surface area contributed by atoms with E-state index in [1.54, 1.807) is 32.2 Å². The summed E-state index contributed by atoms with van der Waals surface area (Å²) in [6, 6.07) is 0. The molecule has 6 heteroatoms. The van der Waals surface area contributed by atoms with Gasteiger partial charge in [0.15, 0.2) is 5.94 Å². The van der Waals surface area contributed by atoms with Crippen molar-refractivity contribution in [2.75, 3.05) is 20.6 Å². The number of amides is 1. The third kappa shape index (κ3) is 3.04. The predicted octanol–water partition coefficient (Wildman–Crippen LogP) is 0.370. The second-order valence-electron chi connectivity index (χ2n) is 3.09. The molecule has 0 aromatic carbocycles. The van der Waals surface area contributed by atoms with Crippen LogP contribution < -0.4 is 0 Å². The number of carbonyl (C=O) groups is 1. The summed E-state index contributed by atoms with van der Waals surface area (Å²) in [5.41, 5.74) is 0.244. The quantitative estimate of drug-likeness (QED) is 0.682. The molecule has 0 aromatic heterocycles. The van der Waals surface area contributed by atoms with E-state index in [4.69, 9.17) is 0 Å². The van der Waals surface area contributed by atoms with E-state index in [0.717, 1.165) is 0 Å². The number of rotatable bonds is 2. The van der Waals surface area contributed by atoms with Gasteiger partial charge in [-0.05, 0) is 28.1 Å². The van der Waals surface area contributed by atoms with Crippen molar-refractivity contribution >= 4 is 32.4 Å². The van der Waals surface area contributed by atoms with Gasteiger partial charge in [0.2, 0.25) is 5.91 Å². The van der Waals surface area contributed by atoms with Crippen molar-refractivity contribution in [1.29, 1.82) is 0 Å². The number of hydrogen-bond acceptors (Lipinski definition) is 4. The lowest BCUT2D eigenvalue weighted by Gasteiger charge is -2.21. The van der Waals surface area contributed by atoms with Gasteiger partial charge in [0.1, 0.15) is 16.9 Å². The molecule has 0 atom stereocenters. The van der Waals surface area contributed by atoms with Gasteiger partial charge in [-0.15, -0.1) is 0 Å². The molecule has 0 unspecified atom stereocenters. The van der Waals surface area contributed by atoms with E-state index >= 15 is 0 Å². The zero-order valence-corrected chi connectivity index (χ0v) is 9.98. The topological polar surface area (TPSA) is 53.0 Å². The van der Waals surface area contributed by atoms with Crippen LogP contribution in [-0.2, 0) is 9.59 Å². The number of carbonyl (C=O) groups excluding carboxylic acids is 2. The van der Waals surface area contributed by atoms with Gasteiger partial charge in [-0.3, -0.25) is 4.79 Å². The van der Waals surface area contributed by atoms with Crippen LogP contribution in [0.5, 0.6) is 0 Å². The van der Waals surface area contributed by atoms with Gasteiger partial charge >= 0.3 is 0 Å². The maximum Gasteiger partial charge on any atom is 0.243 e. The summed E-state index contributed by atoms with van der Waals surface area (Å²) in [4.78, 5) is 23.4. The number of halogens is 1. The van der Waals surface area contributed by atoms with Crippen molar-refractivity contribution in [2.24, 2.45) is 5.10 Å². The Kier molecular flexibility index (Phi) is 3.82. The lowest BCUT2D eigenvalue weighted by atomic mass is 10.3. The molecule has 0 fully saturated rings. The van der Waals surface area contributed by atoms with E-state index < -0.39 is 0 Å². The molecule has 0 saturated carbocycles. The predicted molar refractivity (Wildman–Crippen MR) is 60.1 cm³/mol. The Morgan fingerprint density at radius 2 is 2.27 bits per heavy atom. The number of hydrazone groups is 1. The molecule has 0 aromatic rings. The number of nitrogens with zero attached hydrogens (tertiary/aromatic N) is 3. The molecule has 1 aliphatic heterocycles. The molecule has 0 radical (unpaired) electrons. The van der Waals surface area contributed by atoms with Gasteiger partial charge < -0.3 is 4.90 Å². The van der Waals surface area contributed by atoms with Gasteiger partial charge in [0.25, 0.3) is 0 Å². The van der Waals surface area contributed by atoms with Crippen molar-refractivity contribution in [3.8, 4) is 0 Å². The Balaban J connectivity index is 2.80. The molecule has 15 heavy (non-hydrogen) atoms. The summed E-state index contributed by atoms with van der Waals surface area (Å²) >= 11 is 3.17. The summed E-state index contributed by atoms with van der Waals surface area (Å²) in [5.74, 6) is 1.59. The summed E-state index contributed by atoms with van der Waals surface area (Å²) in [6.45, 7) is 0.0248. The normalized spacial score (nSPS) is 14.7. The van der Waals surface area contributed by atoms with Crippen molar-refractivity contribution < 1.29 is 9.59 Å². The third-order valence-electron chi connectivity index (χ3n) is 1.76. The lowest BCUT2D eigenvalue weighted by Crippen LogP contribution is -2.34. The Morgan fingerprint density at radius 3 is 2.80 bits per heavy atom. The van der Waals surface area contributed by atoms with Gasteiger partial charge in [0.05, 0.1) is 0 Å². The SMILES string of the molecule is CN(C)C(=O)CN1N=C(Br)C=CC1=C=O. The molecule has 80 valence electrons. The van der Waals surface area contributed by atoms with Crippen LogP contribution in [0.2, 0.25) is 0 Å². The molecular weight excluding hydrogens is 262 g/mol. The highest BCUT2D eigenvalue weighted by molar-refractivity contribution is 9.18. The lowest BCUT2D eigenvalue weighted by molar-refractivity contribution is -0.129. The molecule has 0 N–H and O–H groups in total. The second-order valence-corrected chi connectivity index (χ2v) is 3.90. The van der Waals surface area contributed by atoms with E-state index in [0.29, 0.717) is 4.62 Å². The minimum absolute atomic E-state index is 0.0248. The summed E-state index contributed by atoms with van der Waals surface area (Å²) in [5, 5.41) is 5.29. The zero-order chi connectivity index (χ0) is 11.4. The van der Waals surface area contributed by atoms with Crippen LogP contribution in [0.4, 0.5) is 0 Å². The molecule has 1 heterocycles. The standard InChI is InChI=1S/C9H10BrN3O2/c1-12(2)9(15)5-13-7(6-14)3-4-8(10)11-13/h3-4H,5H2,1-2H3. The summed E-state index contributed by atoms with van der Waals surface area (Å²) in [6.07, 6.45) is 3.17. The number of hydrogen-bond donors (Lipinski definition) is 0. The van der Waals surface area contributed by atoms with E-state index in [2.05, 4.69) is 21.0 Å². The van der Waals surface area contributed by atoms with Gasteiger partial charge in [-0.25, -0.2) is 9.80 Å². The van der Waals surface area contributed by atoms with Crippen molar-refractivity contribution in [1.82, 2.24) is 9.91 Å². The highest BCUT2D eigenvalue weighted by atomic mass is 79.9. The minimum atomic E-state index is -0.137. The average molecular weight is 272 g/mol. The fourth-order valence-corrected chi connectivity index (χ4v) is 1.24. The Labute approximate surface area is 95.8 Å². The molecule has 0 saturated heterocycles. The van der Waals surface area contributed by atoms with Crippen LogP contribution in [-0.4, -0.2) is 47.0 Å². The number of allylic oxidation sites excluding steroid dienone is 2. The zero-order valence-electron chi connectivity index (χ0n) is 8.40. The first-order chi connectivity index (χ1) is 7.04. The summed E-state index contributed by atoms with van der Waals surface area (Å²) < 4.78 is 0.563. The molecule has 0 bridgehead atoms.